The number of nitrogens with two attached hydrogens (primary N) is 1. The van der Waals surface area contributed by atoms with Crippen molar-refractivity contribution in [1.82, 2.24) is 0 Å². The Morgan fingerprint density at radius 1 is 1.24 bits per heavy atom. The molecule has 0 aromatic heterocycles. The molecule has 3 nitrogen and oxygen atoms in total. The Bertz CT molecular complexity index is 588. The van der Waals surface area contributed by atoms with Crippen LogP contribution in [0.5, 0.6) is 5.75 Å². The molecule has 0 aliphatic carbocycles. The second kappa shape index (κ2) is 4.70. The van der Waals surface area contributed by atoms with Gasteiger partial charge in [-0.2, -0.15) is 0 Å². The van der Waals surface area contributed by atoms with E-state index in [1.807, 2.05) is 36.4 Å². The maximum Gasteiger partial charge on any atom is 0.241 e. The summed E-state index contributed by atoms with van der Waals surface area (Å²) in [5, 5.41) is 2.13. The molecule has 1 amide bonds. The fourth-order valence-electron chi connectivity index (χ4n) is 1.79. The van der Waals surface area contributed by atoms with Crippen LogP contribution in [-0.2, 0) is 4.79 Å². The number of benzene rings is 2. The van der Waals surface area contributed by atoms with E-state index in [0.717, 1.165) is 22.1 Å². The summed E-state index contributed by atoms with van der Waals surface area (Å²) >= 11 is 0. The molecule has 2 aromatic carbocycles. The third-order valence-corrected chi connectivity index (χ3v) is 2.56. The van der Waals surface area contributed by atoms with Crippen molar-refractivity contribution in [3.05, 3.63) is 48.0 Å². The lowest BCUT2D eigenvalue weighted by molar-refractivity contribution is -0.113. The van der Waals surface area contributed by atoms with Crippen LogP contribution in [-0.4, -0.2) is 13.0 Å². The van der Waals surface area contributed by atoms with Gasteiger partial charge in [-0.25, -0.2) is 0 Å². The Labute approximate surface area is 99.5 Å². The molecule has 2 rings (SSSR count). The molecule has 0 fully saturated rings. The highest BCUT2D eigenvalue weighted by Crippen LogP contribution is 2.28. The average molecular weight is 227 g/mol. The number of methoxy groups -OCH3 is 1. The summed E-state index contributed by atoms with van der Waals surface area (Å²) in [5.74, 6) is 0.251. The van der Waals surface area contributed by atoms with Crippen molar-refractivity contribution in [3.63, 3.8) is 0 Å². The van der Waals surface area contributed by atoms with Crippen LogP contribution in [0.2, 0.25) is 0 Å². The zero-order valence-electron chi connectivity index (χ0n) is 9.51. The Morgan fingerprint density at radius 2 is 2.00 bits per heavy atom. The number of primary amides is 1. The van der Waals surface area contributed by atoms with Gasteiger partial charge >= 0.3 is 0 Å². The summed E-state index contributed by atoms with van der Waals surface area (Å²) in [6.45, 7) is 0. The molecule has 0 aliphatic rings. The molecule has 0 atom stereocenters. The van der Waals surface area contributed by atoms with E-state index in [2.05, 4.69) is 0 Å². The van der Waals surface area contributed by atoms with Gasteiger partial charge in [0.1, 0.15) is 5.75 Å². The predicted octanol–water partition coefficient (Wildman–Crippen LogP) is 2.35. The van der Waals surface area contributed by atoms with Crippen LogP contribution in [0.15, 0.2) is 42.5 Å². The molecule has 0 radical (unpaired) electrons. The minimum absolute atomic E-state index is 0.472. The number of hydrogen-bond donors (Lipinski definition) is 1. The van der Waals surface area contributed by atoms with Crippen LogP contribution in [0.25, 0.3) is 16.8 Å². The van der Waals surface area contributed by atoms with E-state index in [1.54, 1.807) is 13.2 Å². The van der Waals surface area contributed by atoms with E-state index in [1.165, 1.54) is 6.08 Å². The molecule has 0 spiro atoms. The molecular weight excluding hydrogens is 214 g/mol. The number of fused-ring (bicyclic) bond motifs is 1. The summed E-state index contributed by atoms with van der Waals surface area (Å²) in [5.41, 5.74) is 5.97. The van der Waals surface area contributed by atoms with Crippen LogP contribution in [0.4, 0.5) is 0 Å². The molecule has 0 heterocycles. The smallest absolute Gasteiger partial charge is 0.241 e. The summed E-state index contributed by atoms with van der Waals surface area (Å²) in [6.07, 6.45) is 3.02. The molecule has 0 saturated carbocycles. The van der Waals surface area contributed by atoms with Crippen LogP contribution in [0, 0.1) is 0 Å². The second-order valence-corrected chi connectivity index (χ2v) is 3.64. The second-order valence-electron chi connectivity index (χ2n) is 3.64. The van der Waals surface area contributed by atoms with Crippen molar-refractivity contribution in [2.45, 2.75) is 0 Å². The van der Waals surface area contributed by atoms with E-state index >= 15 is 0 Å². The number of amides is 1. The zero-order chi connectivity index (χ0) is 12.3. The van der Waals surface area contributed by atoms with Crippen molar-refractivity contribution < 1.29 is 9.53 Å². The summed E-state index contributed by atoms with van der Waals surface area (Å²) < 4.78 is 5.28. The largest absolute Gasteiger partial charge is 0.496 e. The van der Waals surface area contributed by atoms with Crippen LogP contribution >= 0.6 is 0 Å². The molecular formula is C14H13NO2. The van der Waals surface area contributed by atoms with Gasteiger partial charge in [-0.3, -0.25) is 4.79 Å². The molecule has 3 heteroatoms. The normalized spacial score (nSPS) is 10.9. The Hall–Kier alpha value is -2.29. The minimum atomic E-state index is -0.472. The fraction of sp³-hybridized carbons (Fsp3) is 0.0714. The number of ether oxygens (including phenoxy) is 1. The lowest BCUT2D eigenvalue weighted by Gasteiger charge is -2.08. The molecule has 0 aliphatic heterocycles. The third kappa shape index (κ3) is 2.28. The predicted molar refractivity (Wildman–Crippen MR) is 68.7 cm³/mol. The van der Waals surface area contributed by atoms with E-state index < -0.39 is 5.91 Å². The Morgan fingerprint density at radius 3 is 2.71 bits per heavy atom. The molecule has 86 valence electrons. The maximum absolute atomic E-state index is 10.8. The SMILES string of the molecule is COc1ccc2ccccc2c1C=CC(N)=O. The van der Waals surface area contributed by atoms with Gasteiger partial charge in [0.2, 0.25) is 5.91 Å². The van der Waals surface area contributed by atoms with Gasteiger partial charge in [0.25, 0.3) is 0 Å². The van der Waals surface area contributed by atoms with E-state index in [0.29, 0.717) is 0 Å². The lowest BCUT2D eigenvalue weighted by Crippen LogP contribution is -2.05. The van der Waals surface area contributed by atoms with Gasteiger partial charge in [0, 0.05) is 11.6 Å². The van der Waals surface area contributed by atoms with E-state index in [-0.39, 0.29) is 0 Å². The first kappa shape index (κ1) is 11.2. The first-order valence-corrected chi connectivity index (χ1v) is 5.25. The van der Waals surface area contributed by atoms with Gasteiger partial charge < -0.3 is 10.5 Å². The fourth-order valence-corrected chi connectivity index (χ4v) is 1.79. The summed E-state index contributed by atoms with van der Waals surface area (Å²) in [6, 6.07) is 11.8. The van der Waals surface area contributed by atoms with Gasteiger partial charge in [-0.15, -0.1) is 0 Å². The van der Waals surface area contributed by atoms with E-state index in [9.17, 15) is 4.79 Å². The minimum Gasteiger partial charge on any atom is -0.496 e. The van der Waals surface area contributed by atoms with Gasteiger partial charge in [-0.05, 0) is 22.9 Å². The molecule has 17 heavy (non-hydrogen) atoms. The first-order chi connectivity index (χ1) is 8.22. The highest BCUT2D eigenvalue weighted by atomic mass is 16.5. The topological polar surface area (TPSA) is 52.3 Å². The number of carbonyl (C=O) groups is 1. The van der Waals surface area contributed by atoms with E-state index in [4.69, 9.17) is 10.5 Å². The highest BCUT2D eigenvalue weighted by Gasteiger charge is 2.04. The summed E-state index contributed by atoms with van der Waals surface area (Å²) in [4.78, 5) is 10.8. The maximum atomic E-state index is 10.8. The average Bonchev–Trinajstić information content (AvgIpc) is 2.35. The van der Waals surface area contributed by atoms with Crippen molar-refractivity contribution >= 4 is 22.8 Å². The van der Waals surface area contributed by atoms with Crippen molar-refractivity contribution in [2.24, 2.45) is 5.73 Å². The molecule has 0 saturated heterocycles. The van der Waals surface area contributed by atoms with Crippen LogP contribution < -0.4 is 10.5 Å². The molecule has 2 N–H and O–H groups in total. The van der Waals surface area contributed by atoms with Gasteiger partial charge in [0.15, 0.2) is 0 Å². The Balaban J connectivity index is 2.67. The zero-order valence-corrected chi connectivity index (χ0v) is 9.51. The molecule has 2 aromatic rings. The molecule has 0 unspecified atom stereocenters. The third-order valence-electron chi connectivity index (χ3n) is 2.56. The van der Waals surface area contributed by atoms with Crippen molar-refractivity contribution in [2.75, 3.05) is 7.11 Å². The number of hydrogen-bond acceptors (Lipinski definition) is 2. The van der Waals surface area contributed by atoms with Crippen LogP contribution in [0.1, 0.15) is 5.56 Å². The number of carbonyl (C=O) groups excluding carboxylic acids is 1. The quantitative estimate of drug-likeness (QED) is 0.818. The number of rotatable bonds is 3. The first-order valence-electron chi connectivity index (χ1n) is 5.25. The standard InChI is InChI=1S/C14H13NO2/c1-17-13-8-6-10-4-2-3-5-11(10)12(13)7-9-14(15)16/h2-9H,1H3,(H2,15,16). The highest BCUT2D eigenvalue weighted by molar-refractivity contribution is 5.97. The van der Waals surface area contributed by atoms with Crippen molar-refractivity contribution in [3.8, 4) is 5.75 Å². The van der Waals surface area contributed by atoms with Gasteiger partial charge in [-0.1, -0.05) is 30.3 Å². The molecule has 0 bridgehead atoms. The summed E-state index contributed by atoms with van der Waals surface area (Å²) in [7, 11) is 1.60. The van der Waals surface area contributed by atoms with Crippen molar-refractivity contribution in [1.29, 1.82) is 0 Å². The van der Waals surface area contributed by atoms with Crippen LogP contribution in [0.3, 0.4) is 0 Å². The Kier molecular flexibility index (Phi) is 3.10. The monoisotopic (exact) mass is 227 g/mol. The lowest BCUT2D eigenvalue weighted by atomic mass is 10.0. The van der Waals surface area contributed by atoms with Gasteiger partial charge in [0.05, 0.1) is 7.11 Å².